The largest absolute Gasteiger partial charge is 0.481 e. The quantitative estimate of drug-likeness (QED) is 0.868. The van der Waals surface area contributed by atoms with Gasteiger partial charge in [0.05, 0.1) is 6.04 Å². The Morgan fingerprint density at radius 3 is 2.39 bits per heavy atom. The number of nitrogens with one attached hydrogen (secondary N) is 1. The van der Waals surface area contributed by atoms with Gasteiger partial charge >= 0.3 is 0 Å². The van der Waals surface area contributed by atoms with Gasteiger partial charge in [-0.2, -0.15) is 0 Å². The van der Waals surface area contributed by atoms with E-state index in [-0.39, 0.29) is 11.9 Å². The number of amides is 1. The Kier molecular flexibility index (Phi) is 5.80. The molecule has 0 spiro atoms. The molecule has 122 valence electrons. The second kappa shape index (κ2) is 7.82. The van der Waals surface area contributed by atoms with Crippen molar-refractivity contribution in [2.75, 3.05) is 0 Å². The molecule has 0 aromatic heterocycles. The van der Waals surface area contributed by atoms with Gasteiger partial charge in [0.25, 0.3) is 5.91 Å². The molecule has 2 aromatic carbocycles. The fourth-order valence-corrected chi connectivity index (χ4v) is 2.42. The predicted octanol–water partition coefficient (Wildman–Crippen LogP) is 4.20. The number of benzene rings is 2. The summed E-state index contributed by atoms with van der Waals surface area (Å²) in [5.74, 6) is 0.671. The molecule has 0 aliphatic heterocycles. The first-order chi connectivity index (χ1) is 11.0. The molecule has 0 unspecified atom stereocenters. The highest BCUT2D eigenvalue weighted by Crippen LogP contribution is 2.20. The van der Waals surface area contributed by atoms with Gasteiger partial charge in [-0.3, -0.25) is 4.79 Å². The Morgan fingerprint density at radius 1 is 1.09 bits per heavy atom. The van der Waals surface area contributed by atoms with Crippen molar-refractivity contribution in [2.45, 2.75) is 46.3 Å². The fourth-order valence-electron chi connectivity index (χ4n) is 2.42. The van der Waals surface area contributed by atoms with E-state index in [0.29, 0.717) is 0 Å². The van der Waals surface area contributed by atoms with Crippen molar-refractivity contribution in [3.63, 3.8) is 0 Å². The molecule has 2 atom stereocenters. The van der Waals surface area contributed by atoms with Crippen molar-refractivity contribution < 1.29 is 9.53 Å². The zero-order valence-electron chi connectivity index (χ0n) is 14.3. The maximum absolute atomic E-state index is 12.4. The summed E-state index contributed by atoms with van der Waals surface area (Å²) >= 11 is 0. The van der Waals surface area contributed by atoms with Crippen LogP contribution in [0.4, 0.5) is 0 Å². The number of aryl methyl sites for hydroxylation is 2. The third kappa shape index (κ3) is 4.59. The van der Waals surface area contributed by atoms with Crippen molar-refractivity contribution in [3.05, 3.63) is 65.2 Å². The topological polar surface area (TPSA) is 38.3 Å². The third-order valence-electron chi connectivity index (χ3n) is 3.96. The van der Waals surface area contributed by atoms with Crippen LogP contribution in [0.25, 0.3) is 0 Å². The molecule has 0 radical (unpaired) electrons. The summed E-state index contributed by atoms with van der Waals surface area (Å²) < 4.78 is 5.84. The minimum Gasteiger partial charge on any atom is -0.481 e. The van der Waals surface area contributed by atoms with Crippen LogP contribution in [-0.2, 0) is 11.2 Å². The number of para-hydroxylation sites is 1. The highest BCUT2D eigenvalue weighted by Gasteiger charge is 2.18. The number of hydrogen-bond donors (Lipinski definition) is 1. The molecule has 2 rings (SSSR count). The van der Waals surface area contributed by atoms with E-state index in [1.807, 2.05) is 50.2 Å². The first-order valence-corrected chi connectivity index (χ1v) is 8.12. The lowest BCUT2D eigenvalue weighted by molar-refractivity contribution is -0.127. The van der Waals surface area contributed by atoms with Gasteiger partial charge in [-0.05, 0) is 44.4 Å². The Bertz CT molecular complexity index is 649. The zero-order chi connectivity index (χ0) is 16.8. The molecule has 3 heteroatoms. The highest BCUT2D eigenvalue weighted by atomic mass is 16.5. The number of carbonyl (C=O) groups excluding carboxylic acids is 1. The van der Waals surface area contributed by atoms with Crippen LogP contribution in [0.1, 0.15) is 43.5 Å². The van der Waals surface area contributed by atoms with E-state index in [4.69, 9.17) is 4.74 Å². The van der Waals surface area contributed by atoms with E-state index in [9.17, 15) is 4.79 Å². The molecule has 0 aliphatic rings. The summed E-state index contributed by atoms with van der Waals surface area (Å²) in [6.45, 7) is 7.89. The smallest absolute Gasteiger partial charge is 0.261 e. The predicted molar refractivity (Wildman–Crippen MR) is 93.6 cm³/mol. The van der Waals surface area contributed by atoms with Gasteiger partial charge in [0, 0.05) is 0 Å². The van der Waals surface area contributed by atoms with Crippen LogP contribution in [0.15, 0.2) is 48.5 Å². The van der Waals surface area contributed by atoms with E-state index >= 15 is 0 Å². The van der Waals surface area contributed by atoms with Crippen LogP contribution in [-0.4, -0.2) is 12.0 Å². The molecule has 1 N–H and O–H groups in total. The molecule has 0 saturated heterocycles. The molecule has 1 amide bonds. The summed E-state index contributed by atoms with van der Waals surface area (Å²) in [4.78, 5) is 12.4. The number of carbonyl (C=O) groups is 1. The molecule has 2 aromatic rings. The molecular formula is C20H25NO2. The van der Waals surface area contributed by atoms with Crippen LogP contribution < -0.4 is 10.1 Å². The highest BCUT2D eigenvalue weighted by molar-refractivity contribution is 5.81. The summed E-state index contributed by atoms with van der Waals surface area (Å²) in [5, 5.41) is 3.01. The lowest BCUT2D eigenvalue weighted by atomic mass is 10.1. The first kappa shape index (κ1) is 17.1. The minimum atomic E-state index is -0.532. The monoisotopic (exact) mass is 311 g/mol. The standard InChI is InChI=1S/C20H25NO2/c1-5-17-8-6-7-9-19(17)23-16(4)20(22)21-15(3)18-12-10-14(2)11-13-18/h6-13,15-16H,5H2,1-4H3,(H,21,22)/t15-,16+/m0/s1. The number of ether oxygens (including phenoxy) is 1. The number of rotatable bonds is 6. The maximum atomic E-state index is 12.4. The molecule has 0 bridgehead atoms. The van der Waals surface area contributed by atoms with E-state index in [2.05, 4.69) is 24.4 Å². The molecule has 3 nitrogen and oxygen atoms in total. The normalized spacial score (nSPS) is 13.2. The van der Waals surface area contributed by atoms with Gasteiger partial charge in [0.1, 0.15) is 5.75 Å². The SMILES string of the molecule is CCc1ccccc1O[C@H](C)C(=O)N[C@@H](C)c1ccc(C)cc1. The zero-order valence-corrected chi connectivity index (χ0v) is 14.3. The van der Waals surface area contributed by atoms with Crippen molar-refractivity contribution >= 4 is 5.91 Å². The lowest BCUT2D eigenvalue weighted by Crippen LogP contribution is -2.37. The molecule has 0 heterocycles. The van der Waals surface area contributed by atoms with E-state index in [1.165, 1.54) is 5.56 Å². The van der Waals surface area contributed by atoms with Gasteiger partial charge in [0.15, 0.2) is 6.10 Å². The van der Waals surface area contributed by atoms with Gasteiger partial charge in [-0.1, -0.05) is 55.0 Å². The van der Waals surface area contributed by atoms with Crippen LogP contribution in [0.3, 0.4) is 0 Å². The Morgan fingerprint density at radius 2 is 1.74 bits per heavy atom. The summed E-state index contributed by atoms with van der Waals surface area (Å²) in [7, 11) is 0. The summed E-state index contributed by atoms with van der Waals surface area (Å²) in [5.41, 5.74) is 3.41. The van der Waals surface area contributed by atoms with Crippen LogP contribution >= 0.6 is 0 Å². The molecular weight excluding hydrogens is 286 g/mol. The van der Waals surface area contributed by atoms with E-state index in [0.717, 1.165) is 23.3 Å². The summed E-state index contributed by atoms with van der Waals surface area (Å²) in [6, 6.07) is 16.0. The molecule has 0 saturated carbocycles. The van der Waals surface area contributed by atoms with Crippen molar-refractivity contribution in [3.8, 4) is 5.75 Å². The fraction of sp³-hybridized carbons (Fsp3) is 0.350. The third-order valence-corrected chi connectivity index (χ3v) is 3.96. The lowest BCUT2D eigenvalue weighted by Gasteiger charge is -2.20. The van der Waals surface area contributed by atoms with Gasteiger partial charge in [-0.15, -0.1) is 0 Å². The van der Waals surface area contributed by atoms with Gasteiger partial charge in [-0.25, -0.2) is 0 Å². The number of hydrogen-bond acceptors (Lipinski definition) is 2. The van der Waals surface area contributed by atoms with E-state index in [1.54, 1.807) is 6.92 Å². The van der Waals surface area contributed by atoms with Gasteiger partial charge < -0.3 is 10.1 Å². The van der Waals surface area contributed by atoms with Crippen LogP contribution in [0, 0.1) is 6.92 Å². The second-order valence-electron chi connectivity index (χ2n) is 5.86. The molecule has 0 fully saturated rings. The van der Waals surface area contributed by atoms with E-state index < -0.39 is 6.10 Å². The van der Waals surface area contributed by atoms with Crippen molar-refractivity contribution in [1.29, 1.82) is 0 Å². The van der Waals surface area contributed by atoms with Crippen LogP contribution in [0.5, 0.6) is 5.75 Å². The average molecular weight is 311 g/mol. The summed E-state index contributed by atoms with van der Waals surface area (Å²) in [6.07, 6.45) is 0.347. The first-order valence-electron chi connectivity index (χ1n) is 8.12. The van der Waals surface area contributed by atoms with Crippen molar-refractivity contribution in [2.24, 2.45) is 0 Å². The minimum absolute atomic E-state index is 0.0458. The molecule has 0 aliphatic carbocycles. The van der Waals surface area contributed by atoms with Crippen LogP contribution in [0.2, 0.25) is 0 Å². The average Bonchev–Trinajstić information content (AvgIpc) is 2.55. The molecule has 23 heavy (non-hydrogen) atoms. The Balaban J connectivity index is 1.98. The second-order valence-corrected chi connectivity index (χ2v) is 5.86. The Hall–Kier alpha value is -2.29. The maximum Gasteiger partial charge on any atom is 0.261 e. The Labute approximate surface area is 138 Å². The van der Waals surface area contributed by atoms with Gasteiger partial charge in [0.2, 0.25) is 0 Å². The van der Waals surface area contributed by atoms with Crippen molar-refractivity contribution in [1.82, 2.24) is 5.32 Å².